The number of unbranched alkanes of at least 4 members (excludes halogenated alkanes) is 10. The summed E-state index contributed by atoms with van der Waals surface area (Å²) in [6.45, 7) is 2.98. The van der Waals surface area contributed by atoms with Crippen molar-refractivity contribution >= 4 is 16.3 Å². The van der Waals surface area contributed by atoms with Crippen LogP contribution >= 0.6 is 0 Å². The summed E-state index contributed by atoms with van der Waals surface area (Å²) in [5.41, 5.74) is 0. The summed E-state index contributed by atoms with van der Waals surface area (Å²) in [4.78, 5) is 13.0. The first-order chi connectivity index (χ1) is 24.4. The highest BCUT2D eigenvalue weighted by Gasteiger charge is 2.48. The molecule has 1 saturated heterocycles. The first-order valence-electron chi connectivity index (χ1n) is 18.6. The molecule has 0 bridgehead atoms. The Hall–Kier alpha value is -1.98. The fourth-order valence-electron chi connectivity index (χ4n) is 5.43. The van der Waals surface area contributed by atoms with E-state index in [0.29, 0.717) is 12.8 Å². The number of aliphatic hydroxyl groups is 5. The van der Waals surface area contributed by atoms with Crippen LogP contribution in [0.15, 0.2) is 48.6 Å². The molecule has 0 aromatic rings. The molecule has 8 atom stereocenters. The van der Waals surface area contributed by atoms with Crippen molar-refractivity contribution in [3.8, 4) is 0 Å². The number of aliphatic hydroxyl groups excluding tert-OH is 5. The molecule has 51 heavy (non-hydrogen) atoms. The van der Waals surface area contributed by atoms with Crippen molar-refractivity contribution in [3.05, 3.63) is 48.6 Å². The Kier molecular flexibility index (Phi) is 26.3. The number of carbonyl (C=O) groups is 1. The van der Waals surface area contributed by atoms with Crippen LogP contribution in [0.25, 0.3) is 0 Å². The Morgan fingerprint density at radius 3 is 1.98 bits per heavy atom. The predicted molar refractivity (Wildman–Crippen MR) is 196 cm³/mol. The summed E-state index contributed by atoms with van der Waals surface area (Å²) in [5, 5.41) is 54.6. The molecule has 0 spiro atoms. The zero-order chi connectivity index (χ0) is 37.9. The quantitative estimate of drug-likeness (QED) is 0.0324. The number of hydrogen-bond donors (Lipinski definition) is 7. The number of amides is 1. The summed E-state index contributed by atoms with van der Waals surface area (Å²) in [6.07, 6.45) is 19.5. The number of hydrogen-bond acceptors (Lipinski definition) is 11. The van der Waals surface area contributed by atoms with E-state index in [1.54, 1.807) is 6.08 Å². The smallest absolute Gasteiger partial charge is 0.394 e. The lowest BCUT2D eigenvalue weighted by atomic mass is 9.99. The van der Waals surface area contributed by atoms with Crippen LogP contribution in [-0.2, 0) is 28.9 Å². The van der Waals surface area contributed by atoms with Crippen molar-refractivity contribution in [3.63, 3.8) is 0 Å². The molecule has 0 aliphatic carbocycles. The number of rotatable bonds is 29. The topological polar surface area (TPSA) is 212 Å². The van der Waals surface area contributed by atoms with Crippen molar-refractivity contribution in [1.29, 1.82) is 0 Å². The Labute approximate surface area is 305 Å². The molecule has 1 heterocycles. The second-order valence-corrected chi connectivity index (χ2v) is 13.9. The van der Waals surface area contributed by atoms with Crippen molar-refractivity contribution in [2.24, 2.45) is 0 Å². The number of allylic oxidation sites excluding steroid dienone is 7. The molecule has 1 aliphatic rings. The second-order valence-electron chi connectivity index (χ2n) is 12.9. The highest BCUT2D eigenvalue weighted by atomic mass is 32.3. The lowest BCUT2D eigenvalue weighted by Gasteiger charge is -2.41. The van der Waals surface area contributed by atoms with Gasteiger partial charge in [0.1, 0.15) is 30.5 Å². The summed E-state index contributed by atoms with van der Waals surface area (Å²) in [7, 11) is -5.12. The lowest BCUT2D eigenvalue weighted by Crippen LogP contribution is -2.61. The van der Waals surface area contributed by atoms with E-state index in [-0.39, 0.29) is 6.42 Å². The third-order valence-electron chi connectivity index (χ3n) is 8.43. The Morgan fingerprint density at radius 2 is 1.37 bits per heavy atom. The fraction of sp³-hybridized carbons (Fsp3) is 0.757. The lowest BCUT2D eigenvalue weighted by molar-refractivity contribution is -0.298. The van der Waals surface area contributed by atoms with Gasteiger partial charge in [0.15, 0.2) is 6.29 Å². The van der Waals surface area contributed by atoms with Crippen LogP contribution in [-0.4, -0.2) is 107 Å². The third-order valence-corrected chi connectivity index (χ3v) is 8.89. The van der Waals surface area contributed by atoms with E-state index in [0.717, 1.165) is 44.9 Å². The molecule has 0 radical (unpaired) electrons. The van der Waals surface area contributed by atoms with Gasteiger partial charge in [0.2, 0.25) is 5.91 Å². The highest BCUT2D eigenvalue weighted by molar-refractivity contribution is 7.80. The van der Waals surface area contributed by atoms with Gasteiger partial charge in [-0.05, 0) is 64.2 Å². The standard InChI is InChI=1S/C37H65NO12S/c1-3-5-7-9-11-13-15-16-18-20-22-24-26-31(41)36(44)38-29(30(40)25-23-21-19-17-14-12-10-8-6-4-2)28-48-37-34(43)35(50-51(45,46)47)33(42)32(27-39)49-37/h6,8,14,16-18,23,25,29-35,37,39-43H,3-5,7,9-13,15,19-22,24,26-28H2,1-2H3,(H,38,44)(H,45,46,47)/b8-6+,17-14+,18-16-,25-23+. The van der Waals surface area contributed by atoms with Crippen LogP contribution in [0.5, 0.6) is 0 Å². The number of nitrogens with one attached hydrogen (secondary N) is 1. The van der Waals surface area contributed by atoms with Gasteiger partial charge in [-0.1, -0.05) is 101 Å². The first kappa shape index (κ1) is 47.0. The molecule has 1 rings (SSSR count). The number of ether oxygens (including phenoxy) is 2. The minimum absolute atomic E-state index is 0.201. The SMILES string of the molecule is CC/C=C/CC/C=C/CC/C=C/C(O)C(COC1OC(CO)C(O)C(OS(=O)(=O)O)C1O)NC(=O)C(O)CCCC/C=C\CCCCCCCC. The van der Waals surface area contributed by atoms with Gasteiger partial charge in [-0.2, -0.15) is 8.42 Å². The Morgan fingerprint density at radius 1 is 0.804 bits per heavy atom. The molecular formula is C37H65NO12S. The minimum Gasteiger partial charge on any atom is -0.394 e. The van der Waals surface area contributed by atoms with Gasteiger partial charge >= 0.3 is 10.4 Å². The Balaban J connectivity index is 2.77. The summed E-state index contributed by atoms with van der Waals surface area (Å²) in [6, 6.07) is -1.15. The zero-order valence-corrected chi connectivity index (χ0v) is 31.3. The molecule has 13 nitrogen and oxygen atoms in total. The highest BCUT2D eigenvalue weighted by Crippen LogP contribution is 2.26. The van der Waals surface area contributed by atoms with Crippen LogP contribution in [0.3, 0.4) is 0 Å². The van der Waals surface area contributed by atoms with Crippen LogP contribution in [0.2, 0.25) is 0 Å². The second kappa shape index (κ2) is 28.5. The summed E-state index contributed by atoms with van der Waals surface area (Å²) < 4.78 is 47.1. The van der Waals surface area contributed by atoms with Crippen LogP contribution in [0.4, 0.5) is 0 Å². The van der Waals surface area contributed by atoms with Gasteiger partial charge in [-0.3, -0.25) is 9.35 Å². The van der Waals surface area contributed by atoms with Gasteiger partial charge in [-0.25, -0.2) is 4.18 Å². The van der Waals surface area contributed by atoms with Crippen molar-refractivity contribution in [2.75, 3.05) is 13.2 Å². The normalized spacial score (nSPS) is 23.5. The van der Waals surface area contributed by atoms with E-state index in [1.807, 2.05) is 6.08 Å². The Bertz CT molecular complexity index is 1130. The molecule has 0 aromatic heterocycles. The van der Waals surface area contributed by atoms with E-state index < -0.39 is 78.5 Å². The first-order valence-corrected chi connectivity index (χ1v) is 20.0. The van der Waals surface area contributed by atoms with Crippen LogP contribution in [0, 0.1) is 0 Å². The summed E-state index contributed by atoms with van der Waals surface area (Å²) >= 11 is 0. The van der Waals surface area contributed by atoms with E-state index in [1.165, 1.54) is 44.6 Å². The molecule has 296 valence electrons. The van der Waals surface area contributed by atoms with Crippen LogP contribution < -0.4 is 5.32 Å². The maximum atomic E-state index is 13.0. The van der Waals surface area contributed by atoms with Gasteiger partial charge in [0.25, 0.3) is 0 Å². The fourth-order valence-corrected chi connectivity index (χ4v) is 5.94. The summed E-state index contributed by atoms with van der Waals surface area (Å²) in [5.74, 6) is -0.740. The molecule has 1 fully saturated rings. The van der Waals surface area contributed by atoms with E-state index in [4.69, 9.17) is 14.0 Å². The molecular weight excluding hydrogens is 682 g/mol. The van der Waals surface area contributed by atoms with Gasteiger partial charge < -0.3 is 40.3 Å². The molecule has 1 amide bonds. The van der Waals surface area contributed by atoms with E-state index in [2.05, 4.69) is 53.7 Å². The minimum atomic E-state index is -5.12. The van der Waals surface area contributed by atoms with Crippen molar-refractivity contribution in [2.45, 2.75) is 166 Å². The molecule has 0 saturated carbocycles. The number of carbonyl (C=O) groups excluding carboxylic acids is 1. The van der Waals surface area contributed by atoms with Gasteiger partial charge in [0, 0.05) is 0 Å². The zero-order valence-electron chi connectivity index (χ0n) is 30.5. The van der Waals surface area contributed by atoms with Crippen molar-refractivity contribution in [1.82, 2.24) is 5.32 Å². The average Bonchev–Trinajstić information content (AvgIpc) is 3.09. The van der Waals surface area contributed by atoms with Crippen LogP contribution in [0.1, 0.15) is 117 Å². The molecule has 7 N–H and O–H groups in total. The van der Waals surface area contributed by atoms with E-state index >= 15 is 0 Å². The van der Waals surface area contributed by atoms with E-state index in [9.17, 15) is 38.7 Å². The maximum Gasteiger partial charge on any atom is 0.397 e. The van der Waals surface area contributed by atoms with Crippen molar-refractivity contribution < 1.29 is 57.0 Å². The molecule has 8 unspecified atom stereocenters. The maximum absolute atomic E-state index is 13.0. The van der Waals surface area contributed by atoms with Gasteiger partial charge in [-0.15, -0.1) is 0 Å². The third kappa shape index (κ3) is 22.0. The monoisotopic (exact) mass is 747 g/mol. The molecule has 14 heteroatoms. The molecule has 0 aromatic carbocycles. The molecule has 1 aliphatic heterocycles. The van der Waals surface area contributed by atoms with Gasteiger partial charge in [0.05, 0.1) is 25.4 Å². The average molecular weight is 748 g/mol. The predicted octanol–water partition coefficient (Wildman–Crippen LogP) is 4.34. The largest absolute Gasteiger partial charge is 0.397 e.